The predicted octanol–water partition coefficient (Wildman–Crippen LogP) is 25.6. The molecule has 8 aromatic carbocycles. The number of allylic oxidation sites excluding steroid dienone is 2. The number of rotatable bonds is 24. The number of nitrogens with zero attached hydrogens (tertiary/aromatic N) is 5. The molecule has 0 saturated heterocycles. The number of aldehydes is 2. The highest BCUT2D eigenvalue weighted by Crippen LogP contribution is 2.37. The Morgan fingerprint density at radius 1 is 0.372 bits per heavy atom. The fraction of sp³-hybridized carbons (Fsp3) is 0.299. The second kappa shape index (κ2) is 47.6. The minimum absolute atomic E-state index is 0.0952. The van der Waals surface area contributed by atoms with Crippen LogP contribution in [-0.2, 0) is 23.9 Å². The average Bonchev–Trinajstić information content (AvgIpc) is 0.809. The van der Waals surface area contributed by atoms with E-state index in [0.29, 0.717) is 84.6 Å². The lowest BCUT2D eigenvalue weighted by molar-refractivity contribution is -0.171. The van der Waals surface area contributed by atoms with Crippen LogP contribution in [0.3, 0.4) is 0 Å². The number of aryl methyl sites for hydroxylation is 6. The third-order valence-corrected chi connectivity index (χ3v) is 21.7. The Hall–Kier alpha value is -13.1. The third kappa shape index (κ3) is 30.4. The zero-order valence-electron chi connectivity index (χ0n) is 82.4. The van der Waals surface area contributed by atoms with Crippen molar-refractivity contribution in [2.45, 2.75) is 180 Å². The molecule has 1 unspecified atom stereocenters. The van der Waals surface area contributed by atoms with Gasteiger partial charge in [-0.25, -0.2) is 39.3 Å². The van der Waals surface area contributed by atoms with E-state index in [4.69, 9.17) is 107 Å². The van der Waals surface area contributed by atoms with Crippen LogP contribution in [0.25, 0.3) is 66.7 Å². The van der Waals surface area contributed by atoms with Gasteiger partial charge in [0.05, 0.1) is 91.5 Å². The van der Waals surface area contributed by atoms with Crippen LogP contribution in [-0.4, -0.2) is 147 Å². The number of methoxy groups -OCH3 is 5. The van der Waals surface area contributed by atoms with Crippen LogP contribution >= 0.6 is 58.0 Å². The first-order chi connectivity index (χ1) is 64.6. The topological polar surface area (TPSA) is 334 Å². The minimum atomic E-state index is -1.36. The molecule has 5 heterocycles. The number of benzene rings is 8. The van der Waals surface area contributed by atoms with Gasteiger partial charge < -0.3 is 57.6 Å². The molecule has 25 nitrogen and oxygen atoms in total. The van der Waals surface area contributed by atoms with E-state index in [1.165, 1.54) is 40.3 Å². The molecule has 0 saturated carbocycles. The molecular weight excluding hydrogens is 1850 g/mol. The van der Waals surface area contributed by atoms with E-state index < -0.39 is 52.0 Å². The first kappa shape index (κ1) is 109. The van der Waals surface area contributed by atoms with Crippen LogP contribution in [0, 0.1) is 41.5 Å². The van der Waals surface area contributed by atoms with Gasteiger partial charge in [-0.2, -0.15) is 0 Å². The molecule has 0 amide bonds. The Morgan fingerprint density at radius 3 is 0.920 bits per heavy atom. The van der Waals surface area contributed by atoms with Crippen LogP contribution in [0.15, 0.2) is 170 Å². The van der Waals surface area contributed by atoms with Gasteiger partial charge in [0.25, 0.3) is 0 Å². The molecule has 0 spiro atoms. The summed E-state index contributed by atoms with van der Waals surface area (Å²) in [5.74, 6) is 2.70. The van der Waals surface area contributed by atoms with Crippen molar-refractivity contribution < 1.29 is 97.3 Å². The first-order valence-electron chi connectivity index (χ1n) is 43.5. The van der Waals surface area contributed by atoms with Crippen molar-refractivity contribution >= 4 is 173 Å². The molecule has 0 aliphatic rings. The highest BCUT2D eigenvalue weighted by atomic mass is 35.5. The molecule has 1 atom stereocenters. The minimum Gasteiger partial charge on any atom is -0.497 e. The van der Waals surface area contributed by atoms with Gasteiger partial charge in [-0.3, -0.25) is 24.0 Å². The van der Waals surface area contributed by atoms with E-state index in [-0.39, 0.29) is 38.0 Å². The summed E-state index contributed by atoms with van der Waals surface area (Å²) in [5, 5.41) is 24.0. The average molecular weight is 1970 g/mol. The number of carbonyl (C=O) groups excluding carboxylic acids is 7. The lowest BCUT2D eigenvalue weighted by atomic mass is 10.0. The Kier molecular flexibility index (Phi) is 37.9. The SMILES string of the molecule is COc1ccc2nc(Cl)c(C(=O)/C=C/c3cc(C)c(OC(C)(C)C(=O)O)c(C)c3)cc2c1.COc1ccc2nc(Cl)c(C(=O)/C=C/c3cc(C)c(OC(C)(C)C(=O)OC(C)(C)C)c(C)c3)cc2c1.COc1ccc2nc(Cl)c(C(C)=O)cc2c1.COc1ccc2nc(Cl)c(C(C)O)cc2c1.COc1ccc2nc(Cl)c(C=O)cc2c1.Cc1cc(C=O)cc(C)c1OC(C)(C)C(=O)OC(C)(C)C.[3H]C. The van der Waals surface area contributed by atoms with Gasteiger partial charge in [-0.05, 0) is 353 Å². The standard InChI is InChI=1S/C29H32ClNO5.C25H24ClNO5.C17H24O4.C12H12ClNO2.C12H10ClNO2.C11H8ClNO2.CH4/c1-17-13-19(14-18(2)25(17)35-29(6,7)27(33)36-28(3,4)5)9-12-24(32)22-16-20-15-21(34-8)10-11-23(20)31-26(22)30;1-14-10-16(11-15(2)22(14)32-25(3,4)24(29)30)6-9-21(28)19-13-17-12-18(31-5)7-8-20(17)27-23(19)26;1-11-8-13(10-18)9-12(2)14(11)20-17(6,7)15(19)21-16(3,4)5;2*1-7(15)10-6-8-5-9(16-2)3-4-11(8)14-12(10)13;1-15-9-2-3-10-7(5-9)4-8(6-14)11(12)13-10;/h9-16H,1-8H3;6-13H,1-5H3,(H,29,30);8-10H,1-7H3;3-7,15H,1-2H3;3-6H,1-2H3;2-6H,1H3;1H4/b12-9+;9-6+;;;;;/i;;;;;;1T. The molecule has 722 valence electrons. The molecule has 5 aromatic heterocycles. The van der Waals surface area contributed by atoms with Gasteiger partial charge in [0.15, 0.2) is 40.4 Å². The maximum Gasteiger partial charge on any atom is 0.350 e. The predicted molar refractivity (Wildman–Crippen MR) is 543 cm³/mol. The van der Waals surface area contributed by atoms with E-state index >= 15 is 0 Å². The van der Waals surface area contributed by atoms with Crippen molar-refractivity contribution in [1.29, 1.82) is 0 Å². The Bertz CT molecular complexity index is 6710. The molecular formula is C107H114Cl5N5O20. The second-order valence-corrected chi connectivity index (χ2v) is 36.8. The molecule has 0 aliphatic heterocycles. The van der Waals surface area contributed by atoms with Crippen molar-refractivity contribution in [2.24, 2.45) is 0 Å². The summed E-state index contributed by atoms with van der Waals surface area (Å²) in [5.41, 5.74) is 7.86. The highest BCUT2D eigenvalue weighted by Gasteiger charge is 2.38. The van der Waals surface area contributed by atoms with Crippen molar-refractivity contribution in [3.8, 4) is 46.0 Å². The molecule has 13 rings (SSSR count). The summed E-state index contributed by atoms with van der Waals surface area (Å²) in [6.07, 6.45) is 7.16. The third-order valence-electron chi connectivity index (χ3n) is 20.2. The van der Waals surface area contributed by atoms with Gasteiger partial charge in [0.1, 0.15) is 89.2 Å². The summed E-state index contributed by atoms with van der Waals surface area (Å²) in [4.78, 5) is 116. The molecule has 0 aliphatic carbocycles. The van der Waals surface area contributed by atoms with Crippen LogP contribution in [0.2, 0.25) is 25.8 Å². The van der Waals surface area contributed by atoms with Crippen molar-refractivity contribution in [3.05, 3.63) is 274 Å². The molecule has 0 bridgehead atoms. The normalized spacial score (nSPS) is 11.6. The number of aliphatic hydroxyl groups is 1. The Labute approximate surface area is 824 Å². The lowest BCUT2D eigenvalue weighted by Crippen LogP contribution is -2.43. The van der Waals surface area contributed by atoms with E-state index in [2.05, 4.69) is 24.9 Å². The monoisotopic (exact) mass is 1970 g/mol. The van der Waals surface area contributed by atoms with Crippen LogP contribution in [0.5, 0.6) is 46.0 Å². The number of carbonyl (C=O) groups is 8. The van der Waals surface area contributed by atoms with Crippen LogP contribution < -0.4 is 37.9 Å². The summed E-state index contributed by atoms with van der Waals surface area (Å²) in [7, 11) is 9.20. The zero-order valence-corrected chi connectivity index (χ0v) is 85.2. The highest BCUT2D eigenvalue weighted by molar-refractivity contribution is 6.35. The number of fused-ring (bicyclic) bond motifs is 5. The van der Waals surface area contributed by atoms with Crippen molar-refractivity contribution in [2.75, 3.05) is 35.5 Å². The number of hydrogen-bond acceptors (Lipinski definition) is 24. The largest absolute Gasteiger partial charge is 0.497 e. The zero-order chi connectivity index (χ0) is 103. The van der Waals surface area contributed by atoms with Gasteiger partial charge in [-0.15, -0.1) is 0 Å². The fourth-order valence-corrected chi connectivity index (χ4v) is 14.5. The van der Waals surface area contributed by atoms with Gasteiger partial charge in [0, 0.05) is 39.4 Å². The molecule has 2 N–H and O–H groups in total. The molecule has 137 heavy (non-hydrogen) atoms. The van der Waals surface area contributed by atoms with Crippen LogP contribution in [0.1, 0.15) is 214 Å². The fourth-order valence-electron chi connectivity index (χ4n) is 13.2. The summed E-state index contributed by atoms with van der Waals surface area (Å²) < 4.78 is 60.1. The molecule has 13 aromatic rings. The number of aliphatic carboxylic acids is 1. The number of esters is 2. The number of ketones is 3. The van der Waals surface area contributed by atoms with E-state index in [0.717, 1.165) is 112 Å². The number of aromatic nitrogens is 5. The van der Waals surface area contributed by atoms with Crippen molar-refractivity contribution in [3.63, 3.8) is 0 Å². The number of pyridine rings is 5. The summed E-state index contributed by atoms with van der Waals surface area (Å²) in [6.45, 7) is 34.9. The van der Waals surface area contributed by atoms with E-state index in [1.54, 1.807) is 167 Å². The first-order valence-corrected chi connectivity index (χ1v) is 44.4. The quantitative estimate of drug-likeness (QED) is 0.0187. The van der Waals surface area contributed by atoms with Gasteiger partial charge in [0.2, 0.25) is 0 Å². The molecule has 30 heteroatoms. The number of halogens is 5. The summed E-state index contributed by atoms with van der Waals surface area (Å²) >= 11 is 30.2. The van der Waals surface area contributed by atoms with E-state index in [1.807, 2.05) is 156 Å². The maximum absolute atomic E-state index is 12.9. The summed E-state index contributed by atoms with van der Waals surface area (Å²) in [6, 6.07) is 46.7. The Balaban J connectivity index is 0.000000232. The number of carboxylic acid groups (broad SMARTS) is 1. The number of aliphatic hydroxyl groups excluding tert-OH is 1. The van der Waals surface area contributed by atoms with Gasteiger partial charge >= 0.3 is 17.9 Å². The van der Waals surface area contributed by atoms with Crippen molar-refractivity contribution in [1.82, 2.24) is 24.9 Å². The van der Waals surface area contributed by atoms with Crippen LogP contribution in [0.4, 0.5) is 0 Å². The number of carboxylic acids is 1. The number of hydrogen-bond donors (Lipinski definition) is 2. The molecule has 0 radical (unpaired) electrons. The second-order valence-electron chi connectivity index (χ2n) is 35.0. The lowest BCUT2D eigenvalue weighted by Gasteiger charge is -2.30. The Morgan fingerprint density at radius 2 is 0.642 bits per heavy atom. The number of Topliss-reactive ketones (excluding diaryl/α,β-unsaturated/α-hetero) is 1. The van der Waals surface area contributed by atoms with Gasteiger partial charge in [-0.1, -0.05) is 77.6 Å². The van der Waals surface area contributed by atoms with E-state index in [9.17, 15) is 48.6 Å². The maximum atomic E-state index is 12.9. The molecule has 0 fully saturated rings. The smallest absolute Gasteiger partial charge is 0.350 e. The number of ether oxygens (including phenoxy) is 10.